The van der Waals surface area contributed by atoms with E-state index in [1.54, 1.807) is 25.7 Å². The molecule has 1 aromatic carbocycles. The monoisotopic (exact) mass is 876 g/mol. The first-order valence-corrected chi connectivity index (χ1v) is 23.9. The van der Waals surface area contributed by atoms with Crippen molar-refractivity contribution < 1.29 is 38.2 Å². The van der Waals surface area contributed by atoms with E-state index in [-0.39, 0.29) is 43.3 Å². The predicted molar refractivity (Wildman–Crippen MR) is 240 cm³/mol. The number of aromatic nitrogens is 1. The van der Waals surface area contributed by atoms with E-state index in [2.05, 4.69) is 20.5 Å². The summed E-state index contributed by atoms with van der Waals surface area (Å²) < 4.78 is 17.5. The van der Waals surface area contributed by atoms with Gasteiger partial charge >= 0.3 is 18.1 Å². The van der Waals surface area contributed by atoms with Crippen molar-refractivity contribution in [3.63, 3.8) is 0 Å². The lowest BCUT2D eigenvalue weighted by molar-refractivity contribution is -0.159. The number of rotatable bonds is 18. The Kier molecular flexibility index (Phi) is 15.5. The minimum Gasteiger partial charge on any atom is -0.489 e. The number of hydrogen-bond acceptors (Lipinski definition) is 9. The van der Waals surface area contributed by atoms with Crippen molar-refractivity contribution in [2.24, 2.45) is 40.7 Å². The molecule has 3 heterocycles. The molecule has 2 aromatic rings. The van der Waals surface area contributed by atoms with Crippen molar-refractivity contribution in [2.75, 3.05) is 65.5 Å². The van der Waals surface area contributed by atoms with Gasteiger partial charge in [-0.3, -0.25) is 14.4 Å². The lowest BCUT2D eigenvalue weighted by atomic mass is 9.49. The molecular formula is C48H73N7O8. The van der Waals surface area contributed by atoms with Crippen LogP contribution in [0.15, 0.2) is 30.5 Å². The highest BCUT2D eigenvalue weighted by Gasteiger charge is 2.55. The SMILES string of the molecule is CC(C)(C)OC(=O)NCCCNC(=O)CCC(=O)OC(COc1cccc2[nH]ccc12)CN(CCCN)C(=O)N1CCC(C2CCN(C(=O)C34CC5CC(CC(C5)C3)C4)CC2)CC1. The second-order valence-electron chi connectivity index (χ2n) is 20.3. The zero-order valence-electron chi connectivity index (χ0n) is 38.0. The van der Waals surface area contributed by atoms with Crippen LogP contribution in [-0.4, -0.2) is 127 Å². The first-order chi connectivity index (χ1) is 30.3. The van der Waals surface area contributed by atoms with E-state index in [9.17, 15) is 24.0 Å². The van der Waals surface area contributed by atoms with Gasteiger partial charge in [0.05, 0.1) is 18.4 Å². The minimum absolute atomic E-state index is 0.00538. The number of likely N-dealkylation sites (tertiary alicyclic amines) is 2. The number of nitrogens with one attached hydrogen (secondary N) is 3. The van der Waals surface area contributed by atoms with E-state index in [0.29, 0.717) is 75.6 Å². The van der Waals surface area contributed by atoms with E-state index in [0.717, 1.165) is 86.7 Å². The molecule has 15 nitrogen and oxygen atoms in total. The Labute approximate surface area is 373 Å². The van der Waals surface area contributed by atoms with E-state index in [1.807, 2.05) is 35.4 Å². The fraction of sp³-hybridized carbons (Fsp3) is 0.729. The first kappa shape index (κ1) is 46.5. The van der Waals surface area contributed by atoms with Crippen molar-refractivity contribution in [3.8, 4) is 5.75 Å². The molecule has 0 radical (unpaired) electrons. The van der Waals surface area contributed by atoms with Crippen LogP contribution >= 0.6 is 0 Å². The van der Waals surface area contributed by atoms with Gasteiger partial charge in [0.2, 0.25) is 11.8 Å². The average molecular weight is 876 g/mol. The van der Waals surface area contributed by atoms with Crippen LogP contribution in [0.25, 0.3) is 10.9 Å². The third kappa shape index (κ3) is 12.4. The zero-order valence-corrected chi connectivity index (χ0v) is 38.0. The molecule has 4 saturated carbocycles. The summed E-state index contributed by atoms with van der Waals surface area (Å²) >= 11 is 0. The number of amides is 5. The Balaban J connectivity index is 0.893. The fourth-order valence-electron chi connectivity index (χ4n) is 11.7. The summed E-state index contributed by atoms with van der Waals surface area (Å²) in [5.41, 5.74) is 6.19. The number of hydrogen-bond donors (Lipinski definition) is 4. The number of alkyl carbamates (subject to hydrolysis) is 1. The number of carbonyl (C=O) groups excluding carboxylic acids is 5. The first-order valence-electron chi connectivity index (χ1n) is 23.9. The molecular weight excluding hydrogens is 803 g/mol. The largest absolute Gasteiger partial charge is 0.489 e. The van der Waals surface area contributed by atoms with Gasteiger partial charge in [-0.25, -0.2) is 9.59 Å². The number of piperidine rings is 2. The molecule has 15 heteroatoms. The highest BCUT2D eigenvalue weighted by atomic mass is 16.6. The Bertz CT molecular complexity index is 1840. The van der Waals surface area contributed by atoms with Gasteiger partial charge < -0.3 is 50.3 Å². The molecule has 1 aromatic heterocycles. The zero-order chi connectivity index (χ0) is 44.6. The second kappa shape index (κ2) is 21.0. The van der Waals surface area contributed by atoms with Gasteiger partial charge in [0.25, 0.3) is 0 Å². The number of H-pyrrole nitrogens is 1. The van der Waals surface area contributed by atoms with Crippen LogP contribution in [0.5, 0.6) is 5.75 Å². The lowest BCUT2D eigenvalue weighted by Gasteiger charge is -2.57. The normalized spacial score (nSPS) is 24.2. The molecule has 2 aliphatic heterocycles. The van der Waals surface area contributed by atoms with E-state index >= 15 is 0 Å². The van der Waals surface area contributed by atoms with Crippen LogP contribution < -0.4 is 21.1 Å². The van der Waals surface area contributed by atoms with E-state index in [1.165, 1.54) is 19.3 Å². The van der Waals surface area contributed by atoms with Crippen molar-refractivity contribution in [1.29, 1.82) is 0 Å². The van der Waals surface area contributed by atoms with Gasteiger partial charge in [-0.05, 0) is 152 Å². The maximum absolute atomic E-state index is 14.3. The average Bonchev–Trinajstić information content (AvgIpc) is 3.74. The molecule has 2 saturated heterocycles. The lowest BCUT2D eigenvalue weighted by Crippen LogP contribution is -2.56. The summed E-state index contributed by atoms with van der Waals surface area (Å²) in [5.74, 6) is 3.58. The summed E-state index contributed by atoms with van der Waals surface area (Å²) in [4.78, 5) is 75.1. The molecule has 4 bridgehead atoms. The van der Waals surface area contributed by atoms with E-state index < -0.39 is 23.8 Å². The maximum Gasteiger partial charge on any atom is 0.407 e. The number of fused-ring (bicyclic) bond motifs is 1. The Morgan fingerprint density at radius 1 is 0.857 bits per heavy atom. The van der Waals surface area contributed by atoms with Crippen molar-refractivity contribution in [3.05, 3.63) is 30.5 Å². The molecule has 63 heavy (non-hydrogen) atoms. The maximum atomic E-state index is 14.3. The third-order valence-corrected chi connectivity index (χ3v) is 14.3. The molecule has 4 aliphatic carbocycles. The van der Waals surface area contributed by atoms with Crippen molar-refractivity contribution >= 4 is 40.8 Å². The van der Waals surface area contributed by atoms with Gasteiger partial charge in [-0.2, -0.15) is 0 Å². The molecule has 0 spiro atoms. The quantitative estimate of drug-likeness (QED) is 0.0998. The molecule has 6 aliphatic rings. The minimum atomic E-state index is -0.806. The van der Waals surface area contributed by atoms with Gasteiger partial charge in [0.15, 0.2) is 6.10 Å². The highest BCUT2D eigenvalue weighted by molar-refractivity contribution is 5.86. The van der Waals surface area contributed by atoms with Gasteiger partial charge in [0, 0.05) is 69.3 Å². The fourth-order valence-corrected chi connectivity index (χ4v) is 11.7. The Hall–Kier alpha value is -4.53. The molecule has 5 N–H and O–H groups in total. The third-order valence-electron chi connectivity index (χ3n) is 14.3. The standard InChI is InChI=1S/C48H73N7O8/c1-47(2,3)63-45(59)52-18-6-17-51-42(56)9-10-43(57)62-38(32-61-41-8-4-7-40-39(41)11-19-50-40)31-55(20-5-16-49)46(60)54-23-14-37(15-24-54)36-12-21-53(22-13-36)44(58)48-28-33-25-34(29-48)27-35(26-33)30-48/h4,7-8,11,19,33-38,50H,5-6,9-10,12-18,20-32,49H2,1-3H3,(H,51,56)(H,52,59). The molecule has 348 valence electrons. The molecule has 6 fully saturated rings. The summed E-state index contributed by atoms with van der Waals surface area (Å²) in [6.07, 6.45) is 12.7. The Morgan fingerprint density at radius 3 is 2.13 bits per heavy atom. The van der Waals surface area contributed by atoms with Gasteiger partial charge in [-0.1, -0.05) is 6.07 Å². The van der Waals surface area contributed by atoms with Crippen LogP contribution in [0, 0.1) is 35.0 Å². The highest BCUT2D eigenvalue weighted by Crippen LogP contribution is 2.60. The Morgan fingerprint density at radius 2 is 1.49 bits per heavy atom. The number of benzene rings is 1. The van der Waals surface area contributed by atoms with Crippen molar-refractivity contribution in [1.82, 2.24) is 30.3 Å². The topological polar surface area (TPSA) is 189 Å². The molecule has 5 amide bonds. The van der Waals surface area contributed by atoms with Gasteiger partial charge in [-0.15, -0.1) is 0 Å². The number of nitrogens with two attached hydrogens (primary N) is 1. The van der Waals surface area contributed by atoms with Crippen LogP contribution in [0.3, 0.4) is 0 Å². The number of aromatic amines is 1. The van der Waals surface area contributed by atoms with Gasteiger partial charge in [0.1, 0.15) is 18.0 Å². The van der Waals surface area contributed by atoms with Crippen LogP contribution in [0.1, 0.15) is 111 Å². The number of urea groups is 1. The number of carbonyl (C=O) groups is 5. The molecule has 1 atom stereocenters. The second-order valence-corrected chi connectivity index (χ2v) is 20.3. The smallest absolute Gasteiger partial charge is 0.407 e. The number of nitrogens with zero attached hydrogens (tertiary/aromatic N) is 3. The van der Waals surface area contributed by atoms with Crippen LogP contribution in [0.4, 0.5) is 9.59 Å². The van der Waals surface area contributed by atoms with Crippen LogP contribution in [0.2, 0.25) is 0 Å². The summed E-state index contributed by atoms with van der Waals surface area (Å²) in [7, 11) is 0. The van der Waals surface area contributed by atoms with Crippen LogP contribution in [-0.2, 0) is 23.9 Å². The summed E-state index contributed by atoms with van der Waals surface area (Å²) in [6.45, 7) is 9.95. The summed E-state index contributed by atoms with van der Waals surface area (Å²) in [6, 6.07) is 7.51. The molecule has 1 unspecified atom stereocenters. The number of esters is 1. The molecule has 8 rings (SSSR count). The summed E-state index contributed by atoms with van der Waals surface area (Å²) in [5, 5.41) is 6.33. The predicted octanol–water partition coefficient (Wildman–Crippen LogP) is 6.21. The van der Waals surface area contributed by atoms with E-state index in [4.69, 9.17) is 19.9 Å². The number of ether oxygens (including phenoxy) is 3. The van der Waals surface area contributed by atoms with Crippen molar-refractivity contribution in [2.45, 2.75) is 122 Å².